The first kappa shape index (κ1) is 15.8. The van der Waals surface area contributed by atoms with Gasteiger partial charge in [-0.15, -0.1) is 22.9 Å². The number of nitrogens with one attached hydrogen (secondary N) is 1. The lowest BCUT2D eigenvalue weighted by molar-refractivity contribution is -0.138. The fraction of sp³-hybridized carbons (Fsp3) is 0.526. The Morgan fingerprint density at radius 3 is 2.76 bits per heavy atom. The van der Waals surface area contributed by atoms with Gasteiger partial charge in [-0.25, -0.2) is 4.98 Å². The van der Waals surface area contributed by atoms with Crippen LogP contribution in [0.1, 0.15) is 38.5 Å². The minimum atomic E-state index is -0.286. The number of carbonyl (C=O) groups excluding carboxylic acids is 1. The second-order valence-corrected chi connectivity index (χ2v) is 9.79. The van der Waals surface area contributed by atoms with Crippen molar-refractivity contribution in [3.8, 4) is 11.3 Å². The highest BCUT2D eigenvalue weighted by molar-refractivity contribution is 7.14. The van der Waals surface area contributed by atoms with E-state index in [2.05, 4.69) is 15.3 Å². The van der Waals surface area contributed by atoms with Crippen molar-refractivity contribution in [1.29, 1.82) is 0 Å². The second-order valence-electron chi connectivity index (χ2n) is 8.13. The number of anilines is 1. The number of carbonyl (C=O) groups is 1. The van der Waals surface area contributed by atoms with Gasteiger partial charge in [0.1, 0.15) is 0 Å². The Morgan fingerprint density at radius 2 is 2.08 bits per heavy atom. The topological polar surface area (TPSA) is 54.9 Å². The van der Waals surface area contributed by atoms with Gasteiger partial charge in [0, 0.05) is 28.2 Å². The molecule has 6 heteroatoms. The van der Waals surface area contributed by atoms with Crippen molar-refractivity contribution in [3.63, 3.8) is 0 Å². The van der Waals surface area contributed by atoms with Gasteiger partial charge in [-0.05, 0) is 62.5 Å². The monoisotopic (exact) mass is 373 g/mol. The van der Waals surface area contributed by atoms with E-state index in [0.717, 1.165) is 43.4 Å². The van der Waals surface area contributed by atoms with E-state index in [4.69, 9.17) is 11.6 Å². The van der Waals surface area contributed by atoms with Crippen molar-refractivity contribution < 1.29 is 4.79 Å². The first-order valence-electron chi connectivity index (χ1n) is 8.90. The van der Waals surface area contributed by atoms with E-state index in [1.807, 2.05) is 17.5 Å². The largest absolute Gasteiger partial charge is 0.301 e. The molecule has 4 atom stereocenters. The molecule has 4 aliphatic carbocycles. The van der Waals surface area contributed by atoms with Crippen LogP contribution in [0.15, 0.2) is 29.9 Å². The molecule has 0 aliphatic heterocycles. The number of hydrogen-bond acceptors (Lipinski definition) is 4. The maximum atomic E-state index is 13.1. The highest BCUT2D eigenvalue weighted by Gasteiger charge is 2.60. The Morgan fingerprint density at radius 1 is 1.28 bits per heavy atom. The Bertz CT molecular complexity index is 807. The SMILES string of the molecule is O=C(Nc1nc(-c2cccnc2)cs1)C12C[C@@H]3C[C@@H](CC(Cl)(C3)C1)C2. The molecule has 4 saturated carbocycles. The van der Waals surface area contributed by atoms with Gasteiger partial charge in [0.05, 0.1) is 11.1 Å². The fourth-order valence-electron chi connectivity index (χ4n) is 5.62. The summed E-state index contributed by atoms with van der Waals surface area (Å²) < 4.78 is 0. The third-order valence-electron chi connectivity index (χ3n) is 6.15. The molecule has 25 heavy (non-hydrogen) atoms. The molecule has 0 saturated heterocycles. The summed E-state index contributed by atoms with van der Waals surface area (Å²) in [6, 6.07) is 3.87. The summed E-state index contributed by atoms with van der Waals surface area (Å²) in [5.41, 5.74) is 1.54. The van der Waals surface area contributed by atoms with Gasteiger partial charge in [0.2, 0.25) is 5.91 Å². The summed E-state index contributed by atoms with van der Waals surface area (Å²) in [4.78, 5) is 21.7. The summed E-state index contributed by atoms with van der Waals surface area (Å²) in [6.07, 6.45) is 9.76. The van der Waals surface area contributed by atoms with Crippen LogP contribution in [0.25, 0.3) is 11.3 Å². The van der Waals surface area contributed by atoms with Gasteiger partial charge in [-0.2, -0.15) is 0 Å². The number of halogens is 1. The maximum Gasteiger partial charge on any atom is 0.232 e. The quantitative estimate of drug-likeness (QED) is 0.792. The number of pyridine rings is 1. The van der Waals surface area contributed by atoms with E-state index in [0.29, 0.717) is 17.0 Å². The number of aromatic nitrogens is 2. The highest BCUT2D eigenvalue weighted by Crippen LogP contribution is 2.64. The molecule has 130 valence electrons. The molecule has 1 N–H and O–H groups in total. The minimum absolute atomic E-state index is 0.124. The molecule has 0 radical (unpaired) electrons. The van der Waals surface area contributed by atoms with Crippen molar-refractivity contribution >= 4 is 34.0 Å². The highest BCUT2D eigenvalue weighted by atomic mass is 35.5. The number of nitrogens with zero attached hydrogens (tertiary/aromatic N) is 2. The lowest BCUT2D eigenvalue weighted by Gasteiger charge is -2.59. The van der Waals surface area contributed by atoms with Crippen LogP contribution >= 0.6 is 22.9 Å². The van der Waals surface area contributed by atoms with Crippen LogP contribution in [0.2, 0.25) is 0 Å². The predicted molar refractivity (Wildman–Crippen MR) is 99.7 cm³/mol. The maximum absolute atomic E-state index is 13.1. The molecule has 4 nitrogen and oxygen atoms in total. The van der Waals surface area contributed by atoms with Gasteiger partial charge in [-0.1, -0.05) is 0 Å². The molecule has 6 rings (SSSR count). The van der Waals surface area contributed by atoms with E-state index >= 15 is 0 Å². The van der Waals surface area contributed by atoms with Crippen LogP contribution in [0.5, 0.6) is 0 Å². The molecular weight excluding hydrogens is 354 g/mol. The zero-order valence-electron chi connectivity index (χ0n) is 13.9. The zero-order chi connectivity index (χ0) is 17.1. The normalized spacial score (nSPS) is 35.7. The van der Waals surface area contributed by atoms with Crippen molar-refractivity contribution in [2.24, 2.45) is 17.3 Å². The molecule has 0 spiro atoms. The molecule has 4 aliphatic rings. The first-order valence-corrected chi connectivity index (χ1v) is 10.2. The van der Waals surface area contributed by atoms with Gasteiger partial charge in [0.15, 0.2) is 5.13 Å². The second kappa shape index (κ2) is 5.52. The molecule has 4 fully saturated rings. The Labute approximate surface area is 156 Å². The van der Waals surface area contributed by atoms with E-state index < -0.39 is 0 Å². The third-order valence-corrected chi connectivity index (χ3v) is 7.35. The van der Waals surface area contributed by atoms with Gasteiger partial charge >= 0.3 is 0 Å². The number of amides is 1. The van der Waals surface area contributed by atoms with E-state index in [9.17, 15) is 4.79 Å². The summed E-state index contributed by atoms with van der Waals surface area (Å²) in [5, 5.41) is 5.73. The van der Waals surface area contributed by atoms with E-state index in [1.165, 1.54) is 17.8 Å². The number of alkyl halides is 1. The van der Waals surface area contributed by atoms with Crippen LogP contribution < -0.4 is 5.32 Å². The molecule has 2 aromatic heterocycles. The standard InChI is InChI=1S/C19H20ClN3OS/c20-19-7-12-4-13(8-19)6-18(5-12,11-19)16(24)23-17-22-15(10-25-17)14-2-1-3-21-9-14/h1-3,9-10,12-13H,4-8,11H2,(H,22,23,24)/t12-,13+,18?,19?. The van der Waals surface area contributed by atoms with Crippen molar-refractivity contribution in [1.82, 2.24) is 9.97 Å². The summed E-state index contributed by atoms with van der Waals surface area (Å²) in [6.45, 7) is 0. The molecule has 0 aromatic carbocycles. The molecule has 1 amide bonds. The summed E-state index contributed by atoms with van der Waals surface area (Å²) in [7, 11) is 0. The summed E-state index contributed by atoms with van der Waals surface area (Å²) >= 11 is 8.32. The Kier molecular flexibility index (Phi) is 3.48. The van der Waals surface area contributed by atoms with Crippen LogP contribution in [0, 0.1) is 17.3 Å². The summed E-state index contributed by atoms with van der Waals surface area (Å²) in [5.74, 6) is 1.36. The predicted octanol–water partition coefficient (Wildman–Crippen LogP) is 4.72. The average molecular weight is 374 g/mol. The van der Waals surface area contributed by atoms with Crippen molar-refractivity contribution in [3.05, 3.63) is 29.9 Å². The van der Waals surface area contributed by atoms with E-state index in [1.54, 1.807) is 12.4 Å². The van der Waals surface area contributed by atoms with Crippen LogP contribution in [-0.4, -0.2) is 20.7 Å². The molecule has 2 aromatic rings. The number of thiazole rings is 1. The first-order chi connectivity index (χ1) is 12.0. The van der Waals surface area contributed by atoms with Crippen molar-refractivity contribution in [2.75, 3.05) is 5.32 Å². The number of rotatable bonds is 3. The molecule has 2 unspecified atom stereocenters. The molecule has 4 bridgehead atoms. The lowest BCUT2D eigenvalue weighted by atomic mass is 9.49. The third kappa shape index (κ3) is 2.68. The van der Waals surface area contributed by atoms with Gasteiger partial charge < -0.3 is 5.32 Å². The fourth-order valence-corrected chi connectivity index (χ4v) is 7.03. The zero-order valence-corrected chi connectivity index (χ0v) is 15.4. The minimum Gasteiger partial charge on any atom is -0.301 e. The average Bonchev–Trinajstić information content (AvgIpc) is 3.02. The van der Waals surface area contributed by atoms with Gasteiger partial charge in [-0.3, -0.25) is 9.78 Å². The van der Waals surface area contributed by atoms with Crippen LogP contribution in [0.3, 0.4) is 0 Å². The molecule has 2 heterocycles. The Balaban J connectivity index is 1.37. The van der Waals surface area contributed by atoms with Crippen molar-refractivity contribution in [2.45, 2.75) is 43.4 Å². The van der Waals surface area contributed by atoms with Gasteiger partial charge in [0.25, 0.3) is 0 Å². The Hall–Kier alpha value is -1.46. The lowest BCUT2D eigenvalue weighted by Crippen LogP contribution is -2.57. The number of hydrogen-bond donors (Lipinski definition) is 1. The molecular formula is C19H20ClN3OS. The van der Waals surface area contributed by atoms with Crippen LogP contribution in [0.4, 0.5) is 5.13 Å². The van der Waals surface area contributed by atoms with E-state index in [-0.39, 0.29) is 16.2 Å². The smallest absolute Gasteiger partial charge is 0.232 e. The van der Waals surface area contributed by atoms with Crippen LogP contribution in [-0.2, 0) is 4.79 Å².